The monoisotopic (exact) mass is 316 g/mol. The molecule has 4 heteroatoms. The van der Waals surface area contributed by atoms with Gasteiger partial charge in [-0.3, -0.25) is 4.90 Å². The van der Waals surface area contributed by atoms with E-state index in [0.29, 0.717) is 6.61 Å². The molecule has 0 aromatic heterocycles. The largest absolute Gasteiger partial charge is 0.489 e. The Morgan fingerprint density at radius 2 is 2.13 bits per heavy atom. The van der Waals surface area contributed by atoms with E-state index in [0.717, 1.165) is 44.5 Å². The summed E-state index contributed by atoms with van der Waals surface area (Å²) >= 11 is 0. The lowest BCUT2D eigenvalue weighted by atomic mass is 10.0. The lowest BCUT2D eigenvalue weighted by Crippen LogP contribution is -2.48. The SMILES string of the molecule is c1cc2c(c(OC[C@@H]3CN(C4CCCC4)CCO3)c1)NCCC2. The number of aryl methyl sites for hydroxylation is 1. The smallest absolute Gasteiger partial charge is 0.142 e. The molecule has 1 saturated heterocycles. The number of ether oxygens (including phenoxy) is 2. The fourth-order valence-corrected chi connectivity index (χ4v) is 4.22. The number of nitrogens with one attached hydrogen (secondary N) is 1. The van der Waals surface area contributed by atoms with Gasteiger partial charge in [0, 0.05) is 25.7 Å². The maximum absolute atomic E-state index is 6.14. The average Bonchev–Trinajstić information content (AvgIpc) is 3.15. The van der Waals surface area contributed by atoms with Gasteiger partial charge in [0.15, 0.2) is 0 Å². The quantitative estimate of drug-likeness (QED) is 0.925. The fraction of sp³-hybridized carbons (Fsp3) is 0.684. The topological polar surface area (TPSA) is 33.7 Å². The van der Waals surface area contributed by atoms with Crippen LogP contribution in [0.15, 0.2) is 18.2 Å². The van der Waals surface area contributed by atoms with E-state index in [1.54, 1.807) is 0 Å². The molecule has 1 saturated carbocycles. The van der Waals surface area contributed by atoms with Crippen LogP contribution in [0.25, 0.3) is 0 Å². The molecule has 0 amide bonds. The number of nitrogens with zero attached hydrogens (tertiary/aromatic N) is 1. The molecule has 1 aliphatic carbocycles. The van der Waals surface area contributed by atoms with Crippen molar-refractivity contribution in [1.82, 2.24) is 4.90 Å². The standard InChI is InChI=1S/C19H28N2O2/c1-2-8-16(7-1)21-11-12-22-17(13-21)14-23-18-9-3-5-15-6-4-10-20-19(15)18/h3,5,9,16-17,20H,1-2,4,6-8,10-14H2/t17-/m0/s1. The molecule has 4 nitrogen and oxygen atoms in total. The summed E-state index contributed by atoms with van der Waals surface area (Å²) in [5.74, 6) is 0.990. The van der Waals surface area contributed by atoms with E-state index in [9.17, 15) is 0 Å². The average molecular weight is 316 g/mol. The van der Waals surface area contributed by atoms with Gasteiger partial charge in [-0.1, -0.05) is 25.0 Å². The predicted molar refractivity (Wildman–Crippen MR) is 92.3 cm³/mol. The van der Waals surface area contributed by atoms with Gasteiger partial charge < -0.3 is 14.8 Å². The normalized spacial score (nSPS) is 25.8. The van der Waals surface area contributed by atoms with Crippen LogP contribution in [0.2, 0.25) is 0 Å². The Kier molecular flexibility index (Phi) is 4.72. The Labute approximate surface area is 139 Å². The second-order valence-corrected chi connectivity index (χ2v) is 7.06. The third kappa shape index (κ3) is 3.48. The van der Waals surface area contributed by atoms with Gasteiger partial charge in [-0.05, 0) is 37.3 Å². The van der Waals surface area contributed by atoms with E-state index in [1.807, 2.05) is 0 Å². The van der Waals surface area contributed by atoms with Gasteiger partial charge >= 0.3 is 0 Å². The summed E-state index contributed by atoms with van der Waals surface area (Å²) in [5, 5.41) is 3.50. The Morgan fingerprint density at radius 3 is 3.04 bits per heavy atom. The van der Waals surface area contributed by atoms with Crippen LogP contribution in [0.5, 0.6) is 5.75 Å². The van der Waals surface area contributed by atoms with Crippen LogP contribution in [-0.2, 0) is 11.2 Å². The molecule has 0 radical (unpaired) electrons. The van der Waals surface area contributed by atoms with Crippen molar-refractivity contribution in [3.8, 4) is 5.75 Å². The summed E-state index contributed by atoms with van der Waals surface area (Å²) < 4.78 is 12.1. The highest BCUT2D eigenvalue weighted by molar-refractivity contribution is 5.63. The molecular formula is C19H28N2O2. The molecule has 1 atom stereocenters. The zero-order valence-corrected chi connectivity index (χ0v) is 13.9. The van der Waals surface area contributed by atoms with Gasteiger partial charge in [0.1, 0.15) is 18.5 Å². The summed E-state index contributed by atoms with van der Waals surface area (Å²) in [5.41, 5.74) is 2.58. The van der Waals surface area contributed by atoms with Crippen molar-refractivity contribution in [3.05, 3.63) is 23.8 Å². The van der Waals surface area contributed by atoms with Crippen molar-refractivity contribution >= 4 is 5.69 Å². The molecule has 0 spiro atoms. The highest BCUT2D eigenvalue weighted by Gasteiger charge is 2.28. The zero-order valence-electron chi connectivity index (χ0n) is 13.9. The first-order valence-electron chi connectivity index (χ1n) is 9.24. The molecular weight excluding hydrogens is 288 g/mol. The zero-order chi connectivity index (χ0) is 15.5. The maximum Gasteiger partial charge on any atom is 0.142 e. The Bertz CT molecular complexity index is 528. The van der Waals surface area contributed by atoms with Gasteiger partial charge in [0.2, 0.25) is 0 Å². The van der Waals surface area contributed by atoms with E-state index in [1.165, 1.54) is 43.4 Å². The molecule has 126 valence electrons. The fourth-order valence-electron chi connectivity index (χ4n) is 4.22. The lowest BCUT2D eigenvalue weighted by molar-refractivity contribution is -0.0595. The Hall–Kier alpha value is -1.26. The minimum Gasteiger partial charge on any atom is -0.489 e. The van der Waals surface area contributed by atoms with Crippen molar-refractivity contribution in [3.63, 3.8) is 0 Å². The number of hydrogen-bond donors (Lipinski definition) is 1. The first-order chi connectivity index (χ1) is 11.4. The van der Waals surface area contributed by atoms with E-state index < -0.39 is 0 Å². The number of morpholine rings is 1. The summed E-state index contributed by atoms with van der Waals surface area (Å²) in [6.07, 6.45) is 8.07. The molecule has 1 aromatic rings. The van der Waals surface area contributed by atoms with E-state index in [-0.39, 0.29) is 6.10 Å². The highest BCUT2D eigenvalue weighted by Crippen LogP contribution is 2.32. The van der Waals surface area contributed by atoms with E-state index >= 15 is 0 Å². The second-order valence-electron chi connectivity index (χ2n) is 7.06. The molecule has 2 aliphatic heterocycles. The van der Waals surface area contributed by atoms with Gasteiger partial charge in [-0.25, -0.2) is 0 Å². The Balaban J connectivity index is 1.35. The number of hydrogen-bond acceptors (Lipinski definition) is 4. The lowest BCUT2D eigenvalue weighted by Gasteiger charge is -2.36. The van der Waals surface area contributed by atoms with Crippen LogP contribution in [0.1, 0.15) is 37.7 Å². The Morgan fingerprint density at radius 1 is 1.22 bits per heavy atom. The minimum atomic E-state index is 0.198. The first-order valence-corrected chi connectivity index (χ1v) is 9.24. The number of fused-ring (bicyclic) bond motifs is 1. The summed E-state index contributed by atoms with van der Waals surface area (Å²) in [6.45, 7) is 4.65. The van der Waals surface area contributed by atoms with Crippen molar-refractivity contribution in [1.29, 1.82) is 0 Å². The van der Waals surface area contributed by atoms with Crippen molar-refractivity contribution < 1.29 is 9.47 Å². The molecule has 4 rings (SSSR count). The molecule has 2 fully saturated rings. The molecule has 1 N–H and O–H groups in total. The number of anilines is 1. The summed E-state index contributed by atoms with van der Waals surface area (Å²) in [4.78, 5) is 2.63. The summed E-state index contributed by atoms with van der Waals surface area (Å²) in [7, 11) is 0. The van der Waals surface area contributed by atoms with E-state index in [4.69, 9.17) is 9.47 Å². The molecule has 0 bridgehead atoms. The van der Waals surface area contributed by atoms with Gasteiger partial charge in [0.05, 0.1) is 12.3 Å². The highest BCUT2D eigenvalue weighted by atomic mass is 16.5. The van der Waals surface area contributed by atoms with Gasteiger partial charge in [0.25, 0.3) is 0 Å². The number of para-hydroxylation sites is 1. The number of benzene rings is 1. The van der Waals surface area contributed by atoms with Crippen LogP contribution < -0.4 is 10.1 Å². The van der Waals surface area contributed by atoms with Crippen LogP contribution >= 0.6 is 0 Å². The van der Waals surface area contributed by atoms with Crippen LogP contribution in [-0.4, -0.2) is 49.9 Å². The maximum atomic E-state index is 6.14. The van der Waals surface area contributed by atoms with Crippen LogP contribution in [0, 0.1) is 0 Å². The van der Waals surface area contributed by atoms with Crippen molar-refractivity contribution in [2.24, 2.45) is 0 Å². The third-order valence-electron chi connectivity index (χ3n) is 5.47. The molecule has 3 aliphatic rings. The minimum absolute atomic E-state index is 0.198. The van der Waals surface area contributed by atoms with Crippen LogP contribution in [0.3, 0.4) is 0 Å². The van der Waals surface area contributed by atoms with Gasteiger partial charge in [-0.15, -0.1) is 0 Å². The molecule has 23 heavy (non-hydrogen) atoms. The molecule has 2 heterocycles. The van der Waals surface area contributed by atoms with E-state index in [2.05, 4.69) is 28.4 Å². The molecule has 0 unspecified atom stereocenters. The third-order valence-corrected chi connectivity index (χ3v) is 5.47. The molecule has 1 aromatic carbocycles. The van der Waals surface area contributed by atoms with Crippen molar-refractivity contribution in [2.45, 2.75) is 50.7 Å². The van der Waals surface area contributed by atoms with Crippen LogP contribution in [0.4, 0.5) is 5.69 Å². The van der Waals surface area contributed by atoms with Crippen molar-refractivity contribution in [2.75, 3.05) is 38.2 Å². The number of rotatable bonds is 4. The summed E-state index contributed by atoms with van der Waals surface area (Å²) in [6, 6.07) is 7.17. The second kappa shape index (κ2) is 7.10. The predicted octanol–water partition coefficient (Wildman–Crippen LogP) is 3.07. The van der Waals surface area contributed by atoms with Gasteiger partial charge in [-0.2, -0.15) is 0 Å². The first kappa shape index (κ1) is 15.3.